The molecule has 0 aliphatic carbocycles. The number of hydrogen-bond donors (Lipinski definition) is 2. The van der Waals surface area contributed by atoms with Crippen molar-refractivity contribution in [2.45, 2.75) is 17.9 Å². The van der Waals surface area contributed by atoms with Gasteiger partial charge in [-0.1, -0.05) is 28.1 Å². The monoisotopic (exact) mass is 396 g/mol. The first kappa shape index (κ1) is 16.0. The van der Waals surface area contributed by atoms with E-state index in [4.69, 9.17) is 4.42 Å². The Balaban J connectivity index is 1.91. The Hall–Kier alpha value is -1.90. The predicted octanol–water partition coefficient (Wildman–Crippen LogP) is 2.92. The van der Waals surface area contributed by atoms with E-state index in [-0.39, 0.29) is 10.5 Å². The summed E-state index contributed by atoms with van der Waals surface area (Å²) in [7, 11) is -3.74. The van der Waals surface area contributed by atoms with Gasteiger partial charge in [-0.15, -0.1) is 0 Å². The molecule has 8 heteroatoms. The van der Waals surface area contributed by atoms with E-state index in [9.17, 15) is 13.2 Å². The highest BCUT2D eigenvalue weighted by molar-refractivity contribution is 9.10. The third-order valence-corrected chi connectivity index (χ3v) is 5.42. The van der Waals surface area contributed by atoms with Crippen LogP contribution in [-0.2, 0) is 10.0 Å². The Morgan fingerprint density at radius 3 is 2.74 bits per heavy atom. The summed E-state index contributed by atoms with van der Waals surface area (Å²) < 4.78 is 33.4. The van der Waals surface area contributed by atoms with Crippen molar-refractivity contribution in [3.8, 4) is 0 Å². The van der Waals surface area contributed by atoms with E-state index in [0.29, 0.717) is 5.52 Å². The van der Waals surface area contributed by atoms with Crippen LogP contribution in [0.25, 0.3) is 11.1 Å². The Labute approximate surface area is 140 Å². The summed E-state index contributed by atoms with van der Waals surface area (Å²) in [5, 5.41) is 0. The highest BCUT2D eigenvalue weighted by Gasteiger charge is 2.19. The molecule has 2 aromatic carbocycles. The number of aromatic nitrogens is 1. The molecule has 1 aromatic heterocycles. The molecular weight excluding hydrogens is 384 g/mol. The summed E-state index contributed by atoms with van der Waals surface area (Å²) >= 11 is 3.36. The first-order valence-corrected chi connectivity index (χ1v) is 9.03. The van der Waals surface area contributed by atoms with E-state index in [1.807, 2.05) is 24.3 Å². The fourth-order valence-electron chi connectivity index (χ4n) is 2.24. The number of nitrogens with one attached hydrogen (secondary N) is 2. The van der Waals surface area contributed by atoms with Gasteiger partial charge in [-0.3, -0.25) is 4.98 Å². The van der Waals surface area contributed by atoms with Crippen LogP contribution in [0.15, 0.2) is 61.0 Å². The Bertz CT molecular complexity index is 1020. The zero-order valence-corrected chi connectivity index (χ0v) is 14.4. The third-order valence-electron chi connectivity index (χ3n) is 3.38. The number of oxazole rings is 1. The maximum atomic E-state index is 12.5. The largest absolute Gasteiger partial charge is 0.417 e. The molecule has 3 rings (SSSR count). The SMILES string of the molecule is C[C@H](NS(=O)(=O)c1ccc2[nH]c(=O)oc2c1)c1cccc(Br)c1. The van der Waals surface area contributed by atoms with Crippen molar-refractivity contribution in [2.24, 2.45) is 0 Å². The lowest BCUT2D eigenvalue weighted by Gasteiger charge is -2.15. The van der Waals surface area contributed by atoms with Crippen LogP contribution in [0.1, 0.15) is 18.5 Å². The van der Waals surface area contributed by atoms with Crippen molar-refractivity contribution in [2.75, 3.05) is 0 Å². The standard InChI is InChI=1S/C15H13BrN2O4S/c1-9(10-3-2-4-11(16)7-10)18-23(20,21)12-5-6-13-14(8-12)22-15(19)17-13/h2-9,18H,1H3,(H,17,19)/t9-/m0/s1. The van der Waals surface area contributed by atoms with Gasteiger partial charge in [0.25, 0.3) is 0 Å². The topological polar surface area (TPSA) is 92.2 Å². The Morgan fingerprint density at radius 1 is 1.22 bits per heavy atom. The zero-order chi connectivity index (χ0) is 16.6. The van der Waals surface area contributed by atoms with Gasteiger partial charge in [0, 0.05) is 16.6 Å². The van der Waals surface area contributed by atoms with Gasteiger partial charge in [0.05, 0.1) is 10.4 Å². The maximum Gasteiger partial charge on any atom is 0.417 e. The summed E-state index contributed by atoms with van der Waals surface area (Å²) in [4.78, 5) is 13.7. The summed E-state index contributed by atoms with van der Waals surface area (Å²) in [6.07, 6.45) is 0. The van der Waals surface area contributed by atoms with Crippen LogP contribution in [0, 0.1) is 0 Å². The molecule has 0 radical (unpaired) electrons. The van der Waals surface area contributed by atoms with Crippen LogP contribution in [0.2, 0.25) is 0 Å². The minimum absolute atomic E-state index is 0.0367. The third kappa shape index (κ3) is 3.39. The van der Waals surface area contributed by atoms with E-state index in [2.05, 4.69) is 25.6 Å². The second kappa shape index (κ2) is 5.95. The highest BCUT2D eigenvalue weighted by atomic mass is 79.9. The lowest BCUT2D eigenvalue weighted by Crippen LogP contribution is -2.26. The number of fused-ring (bicyclic) bond motifs is 1. The van der Waals surface area contributed by atoms with Gasteiger partial charge in [-0.2, -0.15) is 0 Å². The van der Waals surface area contributed by atoms with Crippen molar-refractivity contribution < 1.29 is 12.8 Å². The molecule has 3 aromatic rings. The lowest BCUT2D eigenvalue weighted by molar-refractivity contribution is 0.552. The second-order valence-corrected chi connectivity index (χ2v) is 7.70. The number of H-pyrrole nitrogens is 1. The first-order valence-electron chi connectivity index (χ1n) is 6.76. The molecule has 0 saturated heterocycles. The number of halogens is 1. The van der Waals surface area contributed by atoms with Crippen LogP contribution in [0.5, 0.6) is 0 Å². The molecule has 0 saturated carbocycles. The Kier molecular flexibility index (Phi) is 4.13. The van der Waals surface area contributed by atoms with Gasteiger partial charge < -0.3 is 4.42 Å². The predicted molar refractivity (Wildman–Crippen MR) is 89.7 cm³/mol. The van der Waals surface area contributed by atoms with E-state index in [0.717, 1.165) is 10.0 Å². The molecule has 23 heavy (non-hydrogen) atoms. The van der Waals surface area contributed by atoms with E-state index >= 15 is 0 Å². The highest BCUT2D eigenvalue weighted by Crippen LogP contribution is 2.22. The van der Waals surface area contributed by atoms with Crippen molar-refractivity contribution in [3.05, 3.63) is 63.1 Å². The number of sulfonamides is 1. The average molecular weight is 397 g/mol. The quantitative estimate of drug-likeness (QED) is 0.708. The minimum atomic E-state index is -3.74. The normalized spacial score (nSPS) is 13.3. The molecule has 0 bridgehead atoms. The molecule has 0 aliphatic heterocycles. The molecule has 120 valence electrons. The molecule has 1 heterocycles. The molecule has 0 fully saturated rings. The van der Waals surface area contributed by atoms with Crippen LogP contribution in [0.4, 0.5) is 0 Å². The lowest BCUT2D eigenvalue weighted by atomic mass is 10.1. The average Bonchev–Trinajstić information content (AvgIpc) is 2.85. The van der Waals surface area contributed by atoms with Crippen LogP contribution >= 0.6 is 15.9 Å². The molecule has 2 N–H and O–H groups in total. The summed E-state index contributed by atoms with van der Waals surface area (Å²) in [6.45, 7) is 1.76. The van der Waals surface area contributed by atoms with Crippen molar-refractivity contribution in [1.29, 1.82) is 0 Å². The molecule has 0 amide bonds. The van der Waals surface area contributed by atoms with E-state index in [1.54, 1.807) is 6.92 Å². The minimum Gasteiger partial charge on any atom is -0.408 e. The van der Waals surface area contributed by atoms with Crippen LogP contribution in [0.3, 0.4) is 0 Å². The van der Waals surface area contributed by atoms with Crippen molar-refractivity contribution >= 4 is 37.1 Å². The van der Waals surface area contributed by atoms with Gasteiger partial charge in [0.1, 0.15) is 0 Å². The fraction of sp³-hybridized carbons (Fsp3) is 0.133. The second-order valence-electron chi connectivity index (χ2n) is 5.07. The van der Waals surface area contributed by atoms with E-state index in [1.165, 1.54) is 18.2 Å². The Morgan fingerprint density at radius 2 is 2.00 bits per heavy atom. The van der Waals surface area contributed by atoms with Gasteiger partial charge in [-0.25, -0.2) is 17.9 Å². The fourth-order valence-corrected chi connectivity index (χ4v) is 3.90. The molecule has 6 nitrogen and oxygen atoms in total. The molecule has 1 atom stereocenters. The van der Waals surface area contributed by atoms with Gasteiger partial charge in [0.15, 0.2) is 5.58 Å². The summed E-state index contributed by atoms with van der Waals surface area (Å²) in [6, 6.07) is 11.2. The number of benzene rings is 2. The first-order chi connectivity index (χ1) is 10.8. The summed E-state index contributed by atoms with van der Waals surface area (Å²) in [5.41, 5.74) is 1.49. The van der Waals surface area contributed by atoms with Gasteiger partial charge in [-0.05, 0) is 36.8 Å². The number of hydrogen-bond acceptors (Lipinski definition) is 4. The molecule has 0 spiro atoms. The van der Waals surface area contributed by atoms with Crippen LogP contribution in [-0.4, -0.2) is 13.4 Å². The van der Waals surface area contributed by atoms with Crippen LogP contribution < -0.4 is 10.5 Å². The molecule has 0 aliphatic rings. The molecular formula is C15H13BrN2O4S. The number of aromatic amines is 1. The summed E-state index contributed by atoms with van der Waals surface area (Å²) in [5.74, 6) is -0.620. The smallest absolute Gasteiger partial charge is 0.408 e. The van der Waals surface area contributed by atoms with Gasteiger partial charge >= 0.3 is 5.76 Å². The number of rotatable bonds is 4. The van der Waals surface area contributed by atoms with Crippen molar-refractivity contribution in [1.82, 2.24) is 9.71 Å². The van der Waals surface area contributed by atoms with Gasteiger partial charge in [0.2, 0.25) is 10.0 Å². The maximum absolute atomic E-state index is 12.5. The van der Waals surface area contributed by atoms with Crippen molar-refractivity contribution in [3.63, 3.8) is 0 Å². The van der Waals surface area contributed by atoms with E-state index < -0.39 is 21.8 Å². The molecule has 0 unspecified atom stereocenters. The zero-order valence-electron chi connectivity index (χ0n) is 12.0.